The molecule has 2 rings (SSSR count). The predicted octanol–water partition coefficient (Wildman–Crippen LogP) is 1.96. The van der Waals surface area contributed by atoms with E-state index in [0.717, 1.165) is 5.56 Å². The highest BCUT2D eigenvalue weighted by molar-refractivity contribution is 7.89. The molecule has 0 aromatic heterocycles. The van der Waals surface area contributed by atoms with Crippen LogP contribution in [0.2, 0.25) is 0 Å². The molecule has 0 saturated carbocycles. The van der Waals surface area contributed by atoms with Crippen molar-refractivity contribution in [1.29, 1.82) is 0 Å². The van der Waals surface area contributed by atoms with Crippen LogP contribution in [0.3, 0.4) is 0 Å². The standard InChI is InChI=1S/C13H17NO3S/c1-10-3-5-13(6-4-10)18(15,16)14-12-7-8-17-11(2)9-12/h3-8,11-12,14H,9H2,1-2H3. The van der Waals surface area contributed by atoms with Gasteiger partial charge in [-0.2, -0.15) is 0 Å². The van der Waals surface area contributed by atoms with Gasteiger partial charge in [-0.05, 0) is 32.1 Å². The molecule has 1 aromatic carbocycles. The zero-order valence-electron chi connectivity index (χ0n) is 10.5. The highest BCUT2D eigenvalue weighted by Gasteiger charge is 2.22. The van der Waals surface area contributed by atoms with Crippen molar-refractivity contribution in [3.05, 3.63) is 42.2 Å². The lowest BCUT2D eigenvalue weighted by Gasteiger charge is -2.23. The summed E-state index contributed by atoms with van der Waals surface area (Å²) in [5.41, 5.74) is 1.04. The van der Waals surface area contributed by atoms with Crippen LogP contribution in [-0.4, -0.2) is 20.6 Å². The fraction of sp³-hybridized carbons (Fsp3) is 0.385. The maximum absolute atomic E-state index is 12.1. The maximum atomic E-state index is 12.1. The normalized spacial score (nSPS) is 23.7. The van der Waals surface area contributed by atoms with Crippen molar-refractivity contribution in [2.75, 3.05) is 0 Å². The molecule has 0 spiro atoms. The highest BCUT2D eigenvalue weighted by Crippen LogP contribution is 2.15. The Morgan fingerprint density at radius 3 is 2.56 bits per heavy atom. The van der Waals surface area contributed by atoms with Crippen LogP contribution < -0.4 is 4.72 Å². The average Bonchev–Trinajstić information content (AvgIpc) is 2.29. The molecule has 1 aromatic rings. The Hall–Kier alpha value is -1.33. The summed E-state index contributed by atoms with van der Waals surface area (Å²) in [7, 11) is -3.46. The third-order valence-corrected chi connectivity index (χ3v) is 4.35. The van der Waals surface area contributed by atoms with Gasteiger partial charge in [-0.3, -0.25) is 0 Å². The van der Waals surface area contributed by atoms with Crippen molar-refractivity contribution < 1.29 is 13.2 Å². The average molecular weight is 267 g/mol. The van der Waals surface area contributed by atoms with Gasteiger partial charge >= 0.3 is 0 Å². The first-order chi connectivity index (χ1) is 8.47. The van der Waals surface area contributed by atoms with E-state index in [9.17, 15) is 8.42 Å². The first kappa shape index (κ1) is 13.1. The third kappa shape index (κ3) is 3.11. The quantitative estimate of drug-likeness (QED) is 0.911. The van der Waals surface area contributed by atoms with Gasteiger partial charge in [0.15, 0.2) is 0 Å². The van der Waals surface area contributed by atoms with Crippen LogP contribution >= 0.6 is 0 Å². The second-order valence-electron chi connectivity index (χ2n) is 4.55. The summed E-state index contributed by atoms with van der Waals surface area (Å²) in [5, 5.41) is 0. The van der Waals surface area contributed by atoms with Crippen molar-refractivity contribution >= 4 is 10.0 Å². The number of hydrogen-bond acceptors (Lipinski definition) is 3. The first-order valence-electron chi connectivity index (χ1n) is 5.88. The molecule has 1 N–H and O–H groups in total. The van der Waals surface area contributed by atoms with Gasteiger partial charge in [-0.25, -0.2) is 13.1 Å². The molecule has 0 bridgehead atoms. The van der Waals surface area contributed by atoms with Crippen molar-refractivity contribution in [3.63, 3.8) is 0 Å². The number of ether oxygens (including phenoxy) is 1. The van der Waals surface area contributed by atoms with Gasteiger partial charge in [0, 0.05) is 12.5 Å². The molecule has 98 valence electrons. The summed E-state index contributed by atoms with van der Waals surface area (Å²) in [6.07, 6.45) is 3.95. The molecule has 0 amide bonds. The lowest BCUT2D eigenvalue weighted by molar-refractivity contribution is 0.132. The molecule has 4 nitrogen and oxygen atoms in total. The SMILES string of the molecule is Cc1ccc(S(=O)(=O)NC2C=COC(C)C2)cc1. The zero-order chi connectivity index (χ0) is 13.2. The second-order valence-corrected chi connectivity index (χ2v) is 6.27. The molecule has 5 heteroatoms. The van der Waals surface area contributed by atoms with Gasteiger partial charge in [-0.15, -0.1) is 0 Å². The van der Waals surface area contributed by atoms with Crippen LogP contribution in [0, 0.1) is 6.92 Å². The molecule has 0 radical (unpaired) electrons. The summed E-state index contributed by atoms with van der Waals surface area (Å²) in [6.45, 7) is 3.84. The largest absolute Gasteiger partial charge is 0.499 e. The van der Waals surface area contributed by atoms with Gasteiger partial charge in [0.25, 0.3) is 0 Å². The highest BCUT2D eigenvalue weighted by atomic mass is 32.2. The van der Waals surface area contributed by atoms with Crippen molar-refractivity contribution in [1.82, 2.24) is 4.72 Å². The summed E-state index contributed by atoms with van der Waals surface area (Å²) in [6, 6.07) is 6.60. The smallest absolute Gasteiger partial charge is 0.241 e. The van der Waals surface area contributed by atoms with E-state index >= 15 is 0 Å². The minimum Gasteiger partial charge on any atom is -0.499 e. The Morgan fingerprint density at radius 2 is 1.94 bits per heavy atom. The third-order valence-electron chi connectivity index (χ3n) is 2.85. The number of aryl methyl sites for hydroxylation is 1. The van der Waals surface area contributed by atoms with Gasteiger partial charge in [0.05, 0.1) is 17.3 Å². The fourth-order valence-electron chi connectivity index (χ4n) is 1.84. The van der Waals surface area contributed by atoms with Crippen molar-refractivity contribution in [2.24, 2.45) is 0 Å². The molecule has 18 heavy (non-hydrogen) atoms. The van der Waals surface area contributed by atoms with E-state index in [2.05, 4.69) is 4.72 Å². The Morgan fingerprint density at radius 1 is 1.28 bits per heavy atom. The monoisotopic (exact) mass is 267 g/mol. The van der Waals surface area contributed by atoms with E-state index < -0.39 is 10.0 Å². The van der Waals surface area contributed by atoms with Gasteiger partial charge in [-0.1, -0.05) is 17.7 Å². The zero-order valence-corrected chi connectivity index (χ0v) is 11.3. The minimum atomic E-state index is -3.46. The number of nitrogens with one attached hydrogen (secondary N) is 1. The van der Waals surface area contributed by atoms with Crippen LogP contribution in [0.4, 0.5) is 0 Å². The molecular weight excluding hydrogens is 250 g/mol. The van der Waals surface area contributed by atoms with Gasteiger partial charge < -0.3 is 4.74 Å². The Labute approximate surface area is 108 Å². The molecule has 0 fully saturated rings. The number of hydrogen-bond donors (Lipinski definition) is 1. The summed E-state index contributed by atoms with van der Waals surface area (Å²) < 4.78 is 32.2. The maximum Gasteiger partial charge on any atom is 0.241 e. The molecule has 0 aliphatic carbocycles. The summed E-state index contributed by atoms with van der Waals surface area (Å²) >= 11 is 0. The Bertz CT molecular complexity index is 534. The molecular formula is C13H17NO3S. The topological polar surface area (TPSA) is 55.4 Å². The number of sulfonamides is 1. The van der Waals surface area contributed by atoms with Gasteiger partial charge in [0.2, 0.25) is 10.0 Å². The number of benzene rings is 1. The van der Waals surface area contributed by atoms with Crippen LogP contribution in [0.25, 0.3) is 0 Å². The van der Waals surface area contributed by atoms with E-state index in [1.807, 2.05) is 13.8 Å². The van der Waals surface area contributed by atoms with E-state index in [0.29, 0.717) is 11.3 Å². The van der Waals surface area contributed by atoms with E-state index in [-0.39, 0.29) is 12.1 Å². The molecule has 1 aliphatic rings. The Kier molecular flexibility index (Phi) is 3.73. The summed E-state index contributed by atoms with van der Waals surface area (Å²) in [5.74, 6) is 0. The molecule has 0 saturated heterocycles. The van der Waals surface area contributed by atoms with Crippen LogP contribution in [0.15, 0.2) is 41.5 Å². The van der Waals surface area contributed by atoms with E-state index in [1.165, 1.54) is 0 Å². The predicted molar refractivity (Wildman–Crippen MR) is 69.6 cm³/mol. The van der Waals surface area contributed by atoms with Gasteiger partial charge in [0.1, 0.15) is 0 Å². The van der Waals surface area contributed by atoms with E-state index in [4.69, 9.17) is 4.74 Å². The fourth-order valence-corrected chi connectivity index (χ4v) is 3.04. The van der Waals surface area contributed by atoms with Crippen LogP contribution in [0.5, 0.6) is 0 Å². The summed E-state index contributed by atoms with van der Waals surface area (Å²) in [4.78, 5) is 0.292. The van der Waals surface area contributed by atoms with Crippen molar-refractivity contribution in [3.8, 4) is 0 Å². The molecule has 2 atom stereocenters. The lowest BCUT2D eigenvalue weighted by atomic mass is 10.1. The molecule has 2 unspecified atom stereocenters. The lowest BCUT2D eigenvalue weighted by Crippen LogP contribution is -2.37. The second kappa shape index (κ2) is 5.12. The van der Waals surface area contributed by atoms with Crippen LogP contribution in [-0.2, 0) is 14.8 Å². The first-order valence-corrected chi connectivity index (χ1v) is 7.37. The van der Waals surface area contributed by atoms with Crippen LogP contribution in [0.1, 0.15) is 18.9 Å². The van der Waals surface area contributed by atoms with E-state index in [1.54, 1.807) is 36.6 Å². The molecule has 1 aliphatic heterocycles. The minimum absolute atomic E-state index is 0.0284. The number of rotatable bonds is 3. The Balaban J connectivity index is 2.14. The van der Waals surface area contributed by atoms with Crippen molar-refractivity contribution in [2.45, 2.75) is 37.3 Å². The molecule has 1 heterocycles.